The normalized spacial score (nSPS) is 10.7. The first-order valence-corrected chi connectivity index (χ1v) is 8.54. The number of amides is 2. The van der Waals surface area contributed by atoms with Gasteiger partial charge in [-0.25, -0.2) is 9.37 Å². The van der Waals surface area contributed by atoms with Gasteiger partial charge in [-0.1, -0.05) is 13.8 Å². The fraction of sp³-hybridized carbons (Fsp3) is 0.353. The van der Waals surface area contributed by atoms with E-state index in [0.717, 1.165) is 16.8 Å². The molecular weight excluding hydrogens is 329 g/mol. The van der Waals surface area contributed by atoms with Crippen molar-refractivity contribution in [3.05, 3.63) is 45.7 Å². The van der Waals surface area contributed by atoms with Gasteiger partial charge in [-0.05, 0) is 18.2 Å². The molecule has 2 amide bonds. The van der Waals surface area contributed by atoms with Gasteiger partial charge >= 0.3 is 0 Å². The average molecular weight is 349 g/mol. The highest BCUT2D eigenvalue weighted by molar-refractivity contribution is 7.09. The number of hydrogen-bond donors (Lipinski definition) is 2. The summed E-state index contributed by atoms with van der Waals surface area (Å²) in [5, 5.41) is 8.21. The highest BCUT2D eigenvalue weighted by atomic mass is 32.1. The minimum atomic E-state index is -0.578. The molecule has 0 radical (unpaired) electrons. The van der Waals surface area contributed by atoms with Crippen molar-refractivity contribution >= 4 is 28.8 Å². The van der Waals surface area contributed by atoms with E-state index < -0.39 is 11.7 Å². The van der Waals surface area contributed by atoms with E-state index >= 15 is 0 Å². The molecule has 0 saturated carbocycles. The van der Waals surface area contributed by atoms with Gasteiger partial charge in [-0.2, -0.15) is 0 Å². The first-order chi connectivity index (χ1) is 11.4. The lowest BCUT2D eigenvalue weighted by molar-refractivity contribution is -0.114. The third-order valence-electron chi connectivity index (χ3n) is 3.27. The van der Waals surface area contributed by atoms with E-state index in [2.05, 4.69) is 29.5 Å². The molecular formula is C17H20FN3O2S. The lowest BCUT2D eigenvalue weighted by Crippen LogP contribution is -2.26. The molecule has 2 rings (SSSR count). The lowest BCUT2D eigenvalue weighted by atomic mass is 10.1. The number of hydrogen-bond acceptors (Lipinski definition) is 4. The number of carbonyl (C=O) groups excluding carboxylic acids is 2. The largest absolute Gasteiger partial charge is 0.352 e. The van der Waals surface area contributed by atoms with Crippen molar-refractivity contribution in [2.75, 3.05) is 11.9 Å². The minimum absolute atomic E-state index is 0.00349. The summed E-state index contributed by atoms with van der Waals surface area (Å²) in [6.07, 6.45) is 0.634. The smallest absolute Gasteiger partial charge is 0.251 e. The third-order valence-corrected chi connectivity index (χ3v) is 4.46. The van der Waals surface area contributed by atoms with E-state index in [1.807, 2.05) is 5.38 Å². The molecule has 1 heterocycles. The average Bonchev–Trinajstić information content (AvgIpc) is 2.98. The zero-order valence-corrected chi connectivity index (χ0v) is 14.7. The highest BCUT2D eigenvalue weighted by Crippen LogP contribution is 2.19. The summed E-state index contributed by atoms with van der Waals surface area (Å²) < 4.78 is 13.6. The number of thiazole rings is 1. The number of nitrogens with one attached hydrogen (secondary N) is 2. The Balaban J connectivity index is 1.93. The summed E-state index contributed by atoms with van der Waals surface area (Å²) in [6, 6.07) is 3.87. The van der Waals surface area contributed by atoms with Gasteiger partial charge in [0.25, 0.3) is 5.91 Å². The van der Waals surface area contributed by atoms with Crippen LogP contribution in [0.5, 0.6) is 0 Å². The van der Waals surface area contributed by atoms with Crippen LogP contribution in [0.1, 0.15) is 47.7 Å². The molecule has 128 valence electrons. The van der Waals surface area contributed by atoms with Gasteiger partial charge < -0.3 is 10.6 Å². The van der Waals surface area contributed by atoms with Gasteiger partial charge in [0, 0.05) is 36.8 Å². The number of nitrogens with zero attached hydrogens (tertiary/aromatic N) is 1. The molecule has 0 spiro atoms. The molecule has 1 aromatic heterocycles. The Labute approximate surface area is 144 Å². The molecule has 7 heteroatoms. The van der Waals surface area contributed by atoms with Crippen LogP contribution in [0.4, 0.5) is 10.1 Å². The number of benzene rings is 1. The topological polar surface area (TPSA) is 71.1 Å². The van der Waals surface area contributed by atoms with Crippen LogP contribution in [-0.4, -0.2) is 23.3 Å². The SMILES string of the molecule is CC(=O)Nc1cc(C(=O)NCCc2csc(C(C)C)n2)ccc1F. The predicted octanol–water partition coefficient (Wildman–Crippen LogP) is 3.34. The summed E-state index contributed by atoms with van der Waals surface area (Å²) in [5.41, 5.74) is 1.24. The van der Waals surface area contributed by atoms with Gasteiger partial charge in [0.15, 0.2) is 0 Å². The Kier molecular flexibility index (Phi) is 6.03. The van der Waals surface area contributed by atoms with E-state index in [-0.39, 0.29) is 11.6 Å². The second-order valence-electron chi connectivity index (χ2n) is 5.71. The molecule has 1 aromatic carbocycles. The standard InChI is InChI=1S/C17H20FN3O2S/c1-10(2)17-21-13(9-24-17)6-7-19-16(23)12-4-5-14(18)15(8-12)20-11(3)22/h4-5,8-10H,6-7H2,1-3H3,(H,19,23)(H,20,22). The Morgan fingerprint density at radius 1 is 1.33 bits per heavy atom. The zero-order chi connectivity index (χ0) is 17.7. The van der Waals surface area contributed by atoms with E-state index in [1.165, 1.54) is 19.1 Å². The molecule has 5 nitrogen and oxygen atoms in total. The van der Waals surface area contributed by atoms with E-state index in [4.69, 9.17) is 0 Å². The van der Waals surface area contributed by atoms with Crippen molar-refractivity contribution < 1.29 is 14.0 Å². The maximum Gasteiger partial charge on any atom is 0.251 e. The minimum Gasteiger partial charge on any atom is -0.352 e. The van der Waals surface area contributed by atoms with Gasteiger partial charge in [0.1, 0.15) is 5.82 Å². The molecule has 0 saturated heterocycles. The van der Waals surface area contributed by atoms with E-state index in [0.29, 0.717) is 24.4 Å². The van der Waals surface area contributed by atoms with Crippen LogP contribution in [0.3, 0.4) is 0 Å². The summed E-state index contributed by atoms with van der Waals surface area (Å²) in [7, 11) is 0. The summed E-state index contributed by atoms with van der Waals surface area (Å²) in [6.45, 7) is 5.90. The van der Waals surface area contributed by atoms with Gasteiger partial charge in [-0.3, -0.25) is 9.59 Å². The number of anilines is 1. The molecule has 0 aliphatic rings. The zero-order valence-electron chi connectivity index (χ0n) is 13.9. The van der Waals surface area contributed by atoms with Crippen LogP contribution in [0.25, 0.3) is 0 Å². The molecule has 0 fully saturated rings. The monoisotopic (exact) mass is 349 g/mol. The molecule has 2 aromatic rings. The number of aromatic nitrogens is 1. The summed E-state index contributed by atoms with van der Waals surface area (Å²) in [5.74, 6) is -0.896. The molecule has 24 heavy (non-hydrogen) atoms. The second-order valence-corrected chi connectivity index (χ2v) is 6.60. The molecule has 0 aliphatic heterocycles. The molecule has 0 atom stereocenters. The molecule has 0 unspecified atom stereocenters. The Hall–Kier alpha value is -2.28. The van der Waals surface area contributed by atoms with Crippen molar-refractivity contribution in [1.82, 2.24) is 10.3 Å². The van der Waals surface area contributed by atoms with E-state index in [1.54, 1.807) is 11.3 Å². The van der Waals surface area contributed by atoms with Crippen LogP contribution >= 0.6 is 11.3 Å². The summed E-state index contributed by atoms with van der Waals surface area (Å²) >= 11 is 1.62. The van der Waals surface area contributed by atoms with Crippen molar-refractivity contribution in [3.8, 4) is 0 Å². The maximum atomic E-state index is 13.6. The molecule has 2 N–H and O–H groups in total. The first-order valence-electron chi connectivity index (χ1n) is 7.66. The fourth-order valence-corrected chi connectivity index (χ4v) is 2.93. The lowest BCUT2D eigenvalue weighted by Gasteiger charge is -2.08. The van der Waals surface area contributed by atoms with Crippen LogP contribution in [0, 0.1) is 5.82 Å². The number of halogens is 1. The Morgan fingerprint density at radius 3 is 2.71 bits per heavy atom. The predicted molar refractivity (Wildman–Crippen MR) is 92.9 cm³/mol. The quantitative estimate of drug-likeness (QED) is 0.840. The van der Waals surface area contributed by atoms with Crippen LogP contribution in [-0.2, 0) is 11.2 Å². The second kappa shape index (κ2) is 8.01. The highest BCUT2D eigenvalue weighted by Gasteiger charge is 2.11. The fourth-order valence-electron chi connectivity index (χ4n) is 2.06. The summed E-state index contributed by atoms with van der Waals surface area (Å²) in [4.78, 5) is 27.7. The van der Waals surface area contributed by atoms with Crippen molar-refractivity contribution in [2.24, 2.45) is 0 Å². The van der Waals surface area contributed by atoms with Crippen LogP contribution < -0.4 is 10.6 Å². The number of carbonyl (C=O) groups is 2. The third kappa shape index (κ3) is 4.86. The van der Waals surface area contributed by atoms with Crippen molar-refractivity contribution in [3.63, 3.8) is 0 Å². The van der Waals surface area contributed by atoms with Crippen LogP contribution in [0.2, 0.25) is 0 Å². The molecule has 0 bridgehead atoms. The van der Waals surface area contributed by atoms with Gasteiger partial charge in [-0.15, -0.1) is 11.3 Å². The number of rotatable bonds is 6. The Bertz CT molecular complexity index is 743. The van der Waals surface area contributed by atoms with Gasteiger partial charge in [0.05, 0.1) is 16.4 Å². The van der Waals surface area contributed by atoms with Crippen molar-refractivity contribution in [2.45, 2.75) is 33.1 Å². The van der Waals surface area contributed by atoms with E-state index in [9.17, 15) is 14.0 Å². The Morgan fingerprint density at radius 2 is 2.08 bits per heavy atom. The van der Waals surface area contributed by atoms with Gasteiger partial charge in [0.2, 0.25) is 5.91 Å². The molecule has 0 aliphatic carbocycles. The van der Waals surface area contributed by atoms with Crippen LogP contribution in [0.15, 0.2) is 23.6 Å². The first kappa shape index (κ1) is 18.1. The van der Waals surface area contributed by atoms with Crippen molar-refractivity contribution in [1.29, 1.82) is 0 Å². The maximum absolute atomic E-state index is 13.6.